The number of ether oxygens (including phenoxy) is 2. The van der Waals surface area contributed by atoms with Crippen molar-refractivity contribution in [1.29, 1.82) is 5.26 Å². The van der Waals surface area contributed by atoms with Crippen LogP contribution < -0.4 is 9.54 Å². The van der Waals surface area contributed by atoms with Gasteiger partial charge in [0.1, 0.15) is 5.75 Å². The van der Waals surface area contributed by atoms with Crippen molar-refractivity contribution in [2.24, 2.45) is 9.98 Å². The van der Waals surface area contributed by atoms with Gasteiger partial charge in [-0.25, -0.2) is 0 Å². The van der Waals surface area contributed by atoms with Crippen LogP contribution in [0.25, 0.3) is 0 Å². The SMILES string of the molecule is CCCCn1c2c(s/c1=N\C(=N\C#N)c1cc(Cl)ccc1OC)CCOC2. The number of halogens is 1. The molecule has 1 aromatic heterocycles. The zero-order valence-electron chi connectivity index (χ0n) is 15.4. The highest BCUT2D eigenvalue weighted by Gasteiger charge is 2.19. The molecule has 0 saturated heterocycles. The Morgan fingerprint density at radius 2 is 2.33 bits per heavy atom. The lowest BCUT2D eigenvalue weighted by Crippen LogP contribution is -2.21. The number of thiazole rings is 1. The molecule has 0 bridgehead atoms. The van der Waals surface area contributed by atoms with Crippen LogP contribution in [-0.2, 0) is 24.3 Å². The number of hydrogen-bond acceptors (Lipinski definition) is 5. The van der Waals surface area contributed by atoms with Gasteiger partial charge < -0.3 is 14.0 Å². The molecule has 0 amide bonds. The predicted octanol–water partition coefficient (Wildman–Crippen LogP) is 3.91. The number of benzene rings is 1. The Balaban J connectivity index is 2.15. The van der Waals surface area contributed by atoms with Gasteiger partial charge in [0.15, 0.2) is 10.6 Å². The molecule has 2 aromatic rings. The van der Waals surface area contributed by atoms with Crippen LogP contribution in [0.15, 0.2) is 28.2 Å². The molecule has 1 aliphatic rings. The van der Waals surface area contributed by atoms with Crippen LogP contribution in [0.1, 0.15) is 35.9 Å². The Morgan fingerprint density at radius 1 is 1.48 bits per heavy atom. The minimum atomic E-state index is 0.293. The Labute approximate surface area is 167 Å². The van der Waals surface area contributed by atoms with Gasteiger partial charge >= 0.3 is 0 Å². The van der Waals surface area contributed by atoms with Gasteiger partial charge in [0.05, 0.1) is 31.6 Å². The van der Waals surface area contributed by atoms with Crippen LogP contribution in [0.5, 0.6) is 5.75 Å². The highest BCUT2D eigenvalue weighted by atomic mass is 35.5. The number of rotatable bonds is 5. The lowest BCUT2D eigenvalue weighted by Gasteiger charge is -2.15. The highest BCUT2D eigenvalue weighted by molar-refractivity contribution is 7.09. The van der Waals surface area contributed by atoms with Crippen LogP contribution in [0.2, 0.25) is 5.02 Å². The fourth-order valence-corrected chi connectivity index (χ4v) is 4.25. The van der Waals surface area contributed by atoms with Crippen molar-refractivity contribution in [2.45, 2.75) is 39.3 Å². The van der Waals surface area contributed by atoms with Gasteiger partial charge in [-0.1, -0.05) is 24.9 Å². The van der Waals surface area contributed by atoms with Gasteiger partial charge in [0.2, 0.25) is 6.19 Å². The number of aromatic nitrogens is 1. The maximum absolute atomic E-state index is 9.19. The third kappa shape index (κ3) is 4.41. The zero-order valence-corrected chi connectivity index (χ0v) is 16.9. The maximum atomic E-state index is 9.19. The molecule has 0 unspecified atom stereocenters. The molecule has 6 nitrogen and oxygen atoms in total. The number of nitrogens with zero attached hydrogens (tertiary/aromatic N) is 4. The van der Waals surface area contributed by atoms with Crippen molar-refractivity contribution < 1.29 is 9.47 Å². The lowest BCUT2D eigenvalue weighted by atomic mass is 10.2. The second-order valence-corrected chi connectivity index (χ2v) is 7.55. The van der Waals surface area contributed by atoms with Crippen LogP contribution in [0.3, 0.4) is 0 Å². The Bertz CT molecular complexity index is 956. The number of hydrogen-bond donors (Lipinski definition) is 0. The monoisotopic (exact) mass is 404 g/mol. The minimum absolute atomic E-state index is 0.293. The summed E-state index contributed by atoms with van der Waals surface area (Å²) in [7, 11) is 1.57. The van der Waals surface area contributed by atoms with Gasteiger partial charge in [-0.3, -0.25) is 0 Å². The zero-order chi connectivity index (χ0) is 19.2. The summed E-state index contributed by atoms with van der Waals surface area (Å²) in [4.78, 5) is 10.8. The smallest absolute Gasteiger partial charge is 0.207 e. The summed E-state index contributed by atoms with van der Waals surface area (Å²) in [6, 6.07) is 5.20. The van der Waals surface area contributed by atoms with Gasteiger partial charge in [-0.15, -0.1) is 11.3 Å². The number of aliphatic imine (C=N–C) groups is 1. The largest absolute Gasteiger partial charge is 0.496 e. The van der Waals surface area contributed by atoms with Crippen molar-refractivity contribution in [3.05, 3.63) is 44.2 Å². The molecule has 0 aliphatic carbocycles. The second kappa shape index (κ2) is 9.18. The molecule has 8 heteroatoms. The van der Waals surface area contributed by atoms with E-state index in [0.717, 1.165) is 37.2 Å². The number of nitriles is 1. The molecular formula is C19H21ClN4O2S. The van der Waals surface area contributed by atoms with Crippen molar-refractivity contribution in [2.75, 3.05) is 13.7 Å². The lowest BCUT2D eigenvalue weighted by molar-refractivity contribution is 0.105. The Morgan fingerprint density at radius 3 is 3.07 bits per heavy atom. The van der Waals surface area contributed by atoms with Crippen molar-refractivity contribution in [1.82, 2.24) is 4.57 Å². The fraction of sp³-hybridized carbons (Fsp3) is 0.421. The first-order chi connectivity index (χ1) is 13.2. The molecular weight excluding hydrogens is 384 g/mol. The number of fused-ring (bicyclic) bond motifs is 1. The van der Waals surface area contributed by atoms with Gasteiger partial charge in [0, 0.05) is 22.9 Å². The van der Waals surface area contributed by atoms with Crippen molar-refractivity contribution in [3.63, 3.8) is 0 Å². The molecule has 0 spiro atoms. The standard InChI is InChI=1S/C19H21ClN4O2S/c1-3-4-8-24-15-11-26-9-7-17(15)27-19(24)23-18(22-12-21)14-10-13(20)5-6-16(14)25-2/h5-6,10H,3-4,7-9,11H2,1-2H3/b22-18+,23-19-. The quantitative estimate of drug-likeness (QED) is 0.431. The molecule has 1 aliphatic heterocycles. The minimum Gasteiger partial charge on any atom is -0.496 e. The summed E-state index contributed by atoms with van der Waals surface area (Å²) in [6.07, 6.45) is 4.86. The molecule has 0 fully saturated rings. The molecule has 0 radical (unpaired) electrons. The molecule has 2 heterocycles. The Hall–Kier alpha value is -2.14. The van der Waals surface area contributed by atoms with E-state index in [9.17, 15) is 5.26 Å². The van der Waals surface area contributed by atoms with Gasteiger partial charge in [-0.05, 0) is 24.6 Å². The molecule has 0 saturated carbocycles. The fourth-order valence-electron chi connectivity index (χ4n) is 2.95. The van der Waals surface area contributed by atoms with E-state index in [-0.39, 0.29) is 0 Å². The van der Waals surface area contributed by atoms with E-state index in [2.05, 4.69) is 16.5 Å². The number of methoxy groups -OCH3 is 1. The van der Waals surface area contributed by atoms with E-state index in [1.54, 1.807) is 36.6 Å². The summed E-state index contributed by atoms with van der Waals surface area (Å²) in [5, 5.41) is 9.72. The van der Waals surface area contributed by atoms with Crippen molar-refractivity contribution >= 4 is 28.8 Å². The third-order valence-corrected chi connectivity index (χ3v) is 5.72. The van der Waals surface area contributed by atoms with Crippen LogP contribution in [0, 0.1) is 11.5 Å². The summed E-state index contributed by atoms with van der Waals surface area (Å²) in [5.41, 5.74) is 1.77. The van der Waals surface area contributed by atoms with E-state index < -0.39 is 0 Å². The van der Waals surface area contributed by atoms with E-state index in [1.165, 1.54) is 10.6 Å². The van der Waals surface area contributed by atoms with Crippen LogP contribution in [-0.4, -0.2) is 24.1 Å². The van der Waals surface area contributed by atoms with Gasteiger partial charge in [-0.2, -0.15) is 15.2 Å². The van der Waals surface area contributed by atoms with Gasteiger partial charge in [0.25, 0.3) is 0 Å². The second-order valence-electron chi connectivity index (χ2n) is 6.05. The van der Waals surface area contributed by atoms with E-state index in [1.807, 2.05) is 6.19 Å². The molecule has 1 aromatic carbocycles. The molecule has 0 N–H and O–H groups in total. The average molecular weight is 405 g/mol. The predicted molar refractivity (Wildman–Crippen MR) is 106 cm³/mol. The summed E-state index contributed by atoms with van der Waals surface area (Å²) in [5.74, 6) is 0.864. The maximum Gasteiger partial charge on any atom is 0.207 e. The topological polar surface area (TPSA) is 71.9 Å². The first-order valence-electron chi connectivity index (χ1n) is 8.82. The molecule has 142 valence electrons. The van der Waals surface area contributed by atoms with Crippen LogP contribution in [0.4, 0.5) is 0 Å². The highest BCUT2D eigenvalue weighted by Crippen LogP contribution is 2.25. The molecule has 27 heavy (non-hydrogen) atoms. The first-order valence-corrected chi connectivity index (χ1v) is 10.0. The molecule has 0 atom stereocenters. The summed E-state index contributed by atoms with van der Waals surface area (Å²) < 4.78 is 13.2. The van der Waals surface area contributed by atoms with Crippen LogP contribution >= 0.6 is 22.9 Å². The van der Waals surface area contributed by atoms with E-state index >= 15 is 0 Å². The Kier molecular flexibility index (Phi) is 6.67. The van der Waals surface area contributed by atoms with E-state index in [4.69, 9.17) is 26.1 Å². The van der Waals surface area contributed by atoms with E-state index in [0.29, 0.717) is 28.8 Å². The summed E-state index contributed by atoms with van der Waals surface area (Å²) >= 11 is 7.78. The molecule has 3 rings (SSSR count). The third-order valence-electron chi connectivity index (χ3n) is 4.30. The normalized spacial score (nSPS) is 14.7. The first kappa shape index (κ1) is 19.6. The summed E-state index contributed by atoms with van der Waals surface area (Å²) in [6.45, 7) is 4.33. The number of unbranched alkanes of at least 4 members (excludes halogenated alkanes) is 1. The average Bonchev–Trinajstić information content (AvgIpc) is 3.03. The van der Waals surface area contributed by atoms with Crippen molar-refractivity contribution in [3.8, 4) is 11.9 Å². The number of amidine groups is 1.